The van der Waals surface area contributed by atoms with Crippen LogP contribution in [0.5, 0.6) is 0 Å². The van der Waals surface area contributed by atoms with Crippen LogP contribution in [0.15, 0.2) is 115 Å². The zero-order valence-corrected chi connectivity index (χ0v) is 28.2. The summed E-state index contributed by atoms with van der Waals surface area (Å²) in [7, 11) is -3.12. The predicted octanol–water partition coefficient (Wildman–Crippen LogP) is 7.75. The van der Waals surface area contributed by atoms with Crippen molar-refractivity contribution in [2.75, 3.05) is 6.61 Å². The first kappa shape index (κ1) is 32.9. The highest BCUT2D eigenvalue weighted by atomic mass is 28.4. The minimum absolute atomic E-state index is 0.137. The number of carbonyl (C=O) groups is 2. The summed E-state index contributed by atoms with van der Waals surface area (Å²) < 4.78 is 19.3. The van der Waals surface area contributed by atoms with E-state index in [4.69, 9.17) is 4.74 Å². The molecule has 244 valence electrons. The van der Waals surface area contributed by atoms with E-state index in [0.717, 1.165) is 53.6 Å². The van der Waals surface area contributed by atoms with Crippen LogP contribution in [0.1, 0.15) is 75.5 Å². The molecule has 1 saturated carbocycles. The zero-order valence-electron chi connectivity index (χ0n) is 27.2. The summed E-state index contributed by atoms with van der Waals surface area (Å²) in [4.78, 5) is 40.7. The van der Waals surface area contributed by atoms with Crippen LogP contribution in [0.25, 0.3) is 0 Å². The molecule has 2 aliphatic rings. The molecular formula is C40H44FNO4Si. The molecule has 5 nitrogen and oxygen atoms in total. The SMILES string of the molecule is CC(C)(CC1CCC([C@@H](CC(=O)N2C(=O)OC[C@@H]2c2ccccc2)c2ccc(F)cc2)CC1)[Si](O)(c1ccccc1)c1ccccc1. The summed E-state index contributed by atoms with van der Waals surface area (Å²) >= 11 is 0. The summed E-state index contributed by atoms with van der Waals surface area (Å²) in [5, 5.41) is 1.71. The minimum Gasteiger partial charge on any atom is -0.446 e. The molecule has 2 atom stereocenters. The fourth-order valence-electron chi connectivity index (χ4n) is 8.14. The van der Waals surface area contributed by atoms with Crippen LogP contribution in [0.3, 0.4) is 0 Å². The van der Waals surface area contributed by atoms with Crippen molar-refractivity contribution in [1.82, 2.24) is 4.90 Å². The highest BCUT2D eigenvalue weighted by Gasteiger charge is 2.51. The van der Waals surface area contributed by atoms with Crippen molar-refractivity contribution >= 4 is 30.7 Å². The summed E-state index contributed by atoms with van der Waals surface area (Å²) in [5.41, 5.74) is 1.78. The zero-order chi connectivity index (χ0) is 33.0. The Morgan fingerprint density at radius 2 is 1.38 bits per heavy atom. The number of rotatable bonds is 10. The molecule has 2 amide bonds. The molecule has 0 radical (unpaired) electrons. The van der Waals surface area contributed by atoms with Crippen LogP contribution in [-0.4, -0.2) is 36.6 Å². The van der Waals surface area contributed by atoms with E-state index in [9.17, 15) is 18.8 Å². The lowest BCUT2D eigenvalue weighted by atomic mass is 9.70. The first-order valence-electron chi connectivity index (χ1n) is 16.8. The van der Waals surface area contributed by atoms with Gasteiger partial charge in [-0.3, -0.25) is 4.79 Å². The van der Waals surface area contributed by atoms with Crippen molar-refractivity contribution < 1.29 is 23.5 Å². The number of hydrogen-bond acceptors (Lipinski definition) is 4. The van der Waals surface area contributed by atoms with Crippen molar-refractivity contribution in [3.8, 4) is 0 Å². The molecule has 4 aromatic rings. The van der Waals surface area contributed by atoms with E-state index in [2.05, 4.69) is 38.1 Å². The van der Waals surface area contributed by atoms with Gasteiger partial charge in [0.05, 0.1) is 0 Å². The Hall–Kier alpha value is -4.07. The van der Waals surface area contributed by atoms with E-state index in [0.29, 0.717) is 5.92 Å². The molecule has 47 heavy (non-hydrogen) atoms. The number of ether oxygens (including phenoxy) is 1. The Morgan fingerprint density at radius 3 is 1.94 bits per heavy atom. The summed E-state index contributed by atoms with van der Waals surface area (Å²) in [6, 6.07) is 35.8. The molecular weight excluding hydrogens is 606 g/mol. The van der Waals surface area contributed by atoms with Crippen molar-refractivity contribution in [2.45, 2.75) is 69.4 Å². The smallest absolute Gasteiger partial charge is 0.417 e. The van der Waals surface area contributed by atoms with Gasteiger partial charge in [0.25, 0.3) is 8.32 Å². The van der Waals surface area contributed by atoms with Crippen LogP contribution in [0.4, 0.5) is 9.18 Å². The van der Waals surface area contributed by atoms with Gasteiger partial charge in [0, 0.05) is 6.42 Å². The fraction of sp³-hybridized carbons (Fsp3) is 0.350. The molecule has 2 fully saturated rings. The Kier molecular flexibility index (Phi) is 9.76. The molecule has 1 heterocycles. The van der Waals surface area contributed by atoms with Crippen molar-refractivity contribution in [3.63, 3.8) is 0 Å². The van der Waals surface area contributed by atoms with E-state index in [1.807, 2.05) is 66.7 Å². The van der Waals surface area contributed by atoms with Crippen LogP contribution >= 0.6 is 0 Å². The standard InChI is InChI=1S/C40H44FNO4Si/c1-40(2,47(45,34-14-8-4-9-15-34)35-16-10-5-11-17-35)27-29-18-20-30(21-19-29)36(31-22-24-33(41)25-23-31)26-38(43)42-37(28-46-39(42)44)32-12-6-3-7-13-32/h3-17,22-25,29-30,36-37,45H,18-21,26-28H2,1-2H3/t29?,30?,36-,37-/m1/s1. The van der Waals surface area contributed by atoms with Crippen LogP contribution < -0.4 is 10.4 Å². The number of carbonyl (C=O) groups excluding carboxylic acids is 2. The second-order valence-corrected chi connectivity index (χ2v) is 17.9. The van der Waals surface area contributed by atoms with Gasteiger partial charge in [-0.15, -0.1) is 0 Å². The monoisotopic (exact) mass is 649 g/mol. The molecule has 1 aliphatic carbocycles. The topological polar surface area (TPSA) is 66.8 Å². The van der Waals surface area contributed by atoms with Gasteiger partial charge in [0.15, 0.2) is 0 Å². The van der Waals surface area contributed by atoms with Gasteiger partial charge in [-0.25, -0.2) is 14.1 Å². The first-order valence-corrected chi connectivity index (χ1v) is 18.7. The molecule has 0 bridgehead atoms. The predicted molar refractivity (Wildman–Crippen MR) is 185 cm³/mol. The Balaban J connectivity index is 1.20. The van der Waals surface area contributed by atoms with Crippen LogP contribution in [-0.2, 0) is 9.53 Å². The van der Waals surface area contributed by atoms with Crippen molar-refractivity contribution in [1.29, 1.82) is 0 Å². The number of amides is 2. The molecule has 1 N–H and O–H groups in total. The quantitative estimate of drug-likeness (QED) is 0.179. The molecule has 4 aromatic carbocycles. The molecule has 0 unspecified atom stereocenters. The van der Waals surface area contributed by atoms with Gasteiger partial charge < -0.3 is 9.53 Å². The third-order valence-corrected chi connectivity index (χ3v) is 15.1. The number of hydrogen-bond donors (Lipinski definition) is 1. The molecule has 6 rings (SSSR count). The number of benzene rings is 4. The van der Waals surface area contributed by atoms with Crippen LogP contribution in [0.2, 0.25) is 5.04 Å². The third kappa shape index (κ3) is 6.83. The van der Waals surface area contributed by atoms with Gasteiger partial charge >= 0.3 is 6.09 Å². The fourth-order valence-corrected chi connectivity index (χ4v) is 12.0. The Morgan fingerprint density at radius 1 is 0.851 bits per heavy atom. The molecule has 1 aliphatic heterocycles. The molecule has 1 saturated heterocycles. The summed E-state index contributed by atoms with van der Waals surface area (Å²) in [5.74, 6) is -0.0988. The second kappa shape index (κ2) is 14.0. The van der Waals surface area contributed by atoms with E-state index >= 15 is 0 Å². The maximum atomic E-state index is 14.0. The maximum Gasteiger partial charge on any atom is 0.417 e. The van der Waals surface area contributed by atoms with Crippen LogP contribution in [0, 0.1) is 17.7 Å². The molecule has 0 aromatic heterocycles. The highest BCUT2D eigenvalue weighted by Crippen LogP contribution is 2.48. The lowest BCUT2D eigenvalue weighted by Crippen LogP contribution is -2.65. The molecule has 7 heteroatoms. The number of cyclic esters (lactones) is 1. The first-order chi connectivity index (χ1) is 22.7. The van der Waals surface area contributed by atoms with Gasteiger partial charge in [0.1, 0.15) is 18.5 Å². The van der Waals surface area contributed by atoms with Gasteiger partial charge in [0.2, 0.25) is 5.91 Å². The number of halogens is 1. The normalized spacial score (nSPS) is 20.9. The van der Waals surface area contributed by atoms with Gasteiger partial charge in [-0.1, -0.05) is 130 Å². The summed E-state index contributed by atoms with van der Waals surface area (Å²) in [6.07, 6.45) is 4.23. The third-order valence-electron chi connectivity index (χ3n) is 10.6. The van der Waals surface area contributed by atoms with E-state index in [-0.39, 0.29) is 41.6 Å². The average molecular weight is 650 g/mol. The summed E-state index contributed by atoms with van der Waals surface area (Å²) in [6.45, 7) is 4.59. The second-order valence-electron chi connectivity index (χ2n) is 13.9. The van der Waals surface area contributed by atoms with E-state index in [1.165, 1.54) is 17.0 Å². The highest BCUT2D eigenvalue weighted by molar-refractivity contribution is 6.98. The van der Waals surface area contributed by atoms with Gasteiger partial charge in [-0.2, -0.15) is 0 Å². The maximum absolute atomic E-state index is 14.0. The van der Waals surface area contributed by atoms with E-state index in [1.54, 1.807) is 12.1 Å². The van der Waals surface area contributed by atoms with E-state index < -0.39 is 20.5 Å². The Bertz CT molecular complexity index is 1600. The minimum atomic E-state index is -3.12. The number of nitrogens with zero attached hydrogens (tertiary/aromatic N) is 1. The van der Waals surface area contributed by atoms with Crippen molar-refractivity contribution in [2.24, 2.45) is 11.8 Å². The van der Waals surface area contributed by atoms with Gasteiger partial charge in [-0.05, 0) is 75.7 Å². The lowest BCUT2D eigenvalue weighted by molar-refractivity contribution is -0.130. The average Bonchev–Trinajstić information content (AvgIpc) is 3.50. The molecule has 0 spiro atoms. The lowest BCUT2D eigenvalue weighted by Gasteiger charge is -2.44. The van der Waals surface area contributed by atoms with Crippen molar-refractivity contribution in [3.05, 3.63) is 132 Å². The largest absolute Gasteiger partial charge is 0.446 e. The Labute approximate surface area is 278 Å². The number of imide groups is 1.